The predicted molar refractivity (Wildman–Crippen MR) is 89.5 cm³/mol. The maximum atomic E-state index is 12.2. The Bertz CT molecular complexity index is 1020. The van der Waals surface area contributed by atoms with Gasteiger partial charge in [0.05, 0.1) is 9.82 Å². The fourth-order valence-corrected chi connectivity index (χ4v) is 3.18. The molecule has 26 heavy (non-hydrogen) atoms. The van der Waals surface area contributed by atoms with Gasteiger partial charge in [-0.2, -0.15) is 0 Å². The third-order valence-electron chi connectivity index (χ3n) is 3.36. The fraction of sp³-hybridized carbons (Fsp3) is 0.133. The zero-order valence-electron chi connectivity index (χ0n) is 13.3. The van der Waals surface area contributed by atoms with E-state index in [2.05, 4.69) is 19.9 Å². The van der Waals surface area contributed by atoms with Gasteiger partial charge in [0, 0.05) is 43.1 Å². The number of pyridine rings is 1. The van der Waals surface area contributed by atoms with E-state index in [9.17, 15) is 18.5 Å². The van der Waals surface area contributed by atoms with Gasteiger partial charge in [-0.05, 0) is 18.2 Å². The maximum Gasteiger partial charge on any atom is 0.270 e. The molecule has 0 saturated heterocycles. The summed E-state index contributed by atoms with van der Waals surface area (Å²) in [4.78, 5) is 13.8. The quantitative estimate of drug-likeness (QED) is 0.484. The number of sulfonamides is 1. The number of benzene rings is 1. The molecule has 0 unspecified atom stereocenters. The van der Waals surface area contributed by atoms with Crippen LogP contribution in [0, 0.1) is 10.1 Å². The van der Waals surface area contributed by atoms with Gasteiger partial charge in [0.2, 0.25) is 21.8 Å². The summed E-state index contributed by atoms with van der Waals surface area (Å²) in [5.41, 5.74) is 0.405. The van der Waals surface area contributed by atoms with Gasteiger partial charge in [-0.15, -0.1) is 10.2 Å². The lowest BCUT2D eigenvalue weighted by atomic mass is 10.3. The number of nitrogens with one attached hydrogen (secondary N) is 1. The van der Waals surface area contributed by atoms with Gasteiger partial charge in [-0.25, -0.2) is 13.1 Å². The standard InChI is InChI=1S/C15H13N5O5S/c21-20(22)12-2-1-3-13(10-12)26(23,24)17-9-6-14-18-19-15(25-14)11-4-7-16-8-5-11/h1-5,7-8,10,17H,6,9H2. The summed E-state index contributed by atoms with van der Waals surface area (Å²) in [6.45, 7) is 0.00298. The molecule has 0 atom stereocenters. The molecule has 0 fully saturated rings. The second-order valence-corrected chi connectivity index (χ2v) is 6.91. The van der Waals surface area contributed by atoms with Crippen LogP contribution in [0.4, 0.5) is 5.69 Å². The van der Waals surface area contributed by atoms with Gasteiger partial charge in [-0.1, -0.05) is 6.07 Å². The number of hydrogen-bond acceptors (Lipinski definition) is 8. The highest BCUT2D eigenvalue weighted by molar-refractivity contribution is 7.89. The van der Waals surface area contributed by atoms with Crippen molar-refractivity contribution in [3.8, 4) is 11.5 Å². The number of rotatable bonds is 7. The van der Waals surface area contributed by atoms with Gasteiger partial charge in [-0.3, -0.25) is 15.1 Å². The molecule has 0 aliphatic heterocycles. The van der Waals surface area contributed by atoms with Crippen molar-refractivity contribution in [3.05, 3.63) is 64.8 Å². The van der Waals surface area contributed by atoms with E-state index in [1.165, 1.54) is 18.2 Å². The summed E-state index contributed by atoms with van der Waals surface area (Å²) in [5, 5.41) is 18.5. The first-order valence-corrected chi connectivity index (χ1v) is 8.91. The van der Waals surface area contributed by atoms with Gasteiger partial charge >= 0.3 is 0 Å². The van der Waals surface area contributed by atoms with E-state index < -0.39 is 14.9 Å². The highest BCUT2D eigenvalue weighted by Crippen LogP contribution is 2.18. The number of nitro groups is 1. The first-order chi connectivity index (χ1) is 12.5. The average Bonchev–Trinajstić information content (AvgIpc) is 3.11. The molecule has 0 amide bonds. The lowest BCUT2D eigenvalue weighted by molar-refractivity contribution is -0.385. The van der Waals surface area contributed by atoms with E-state index in [1.807, 2.05) is 0 Å². The Kier molecular flexibility index (Phi) is 5.00. The Morgan fingerprint density at radius 2 is 1.92 bits per heavy atom. The monoisotopic (exact) mass is 375 g/mol. The molecule has 0 spiro atoms. The van der Waals surface area contributed by atoms with E-state index in [4.69, 9.17) is 4.42 Å². The molecule has 2 heterocycles. The zero-order chi connectivity index (χ0) is 18.6. The molecule has 1 aromatic carbocycles. The minimum atomic E-state index is -3.88. The van der Waals surface area contributed by atoms with Crippen molar-refractivity contribution in [2.45, 2.75) is 11.3 Å². The zero-order valence-corrected chi connectivity index (χ0v) is 14.1. The average molecular weight is 375 g/mol. The van der Waals surface area contributed by atoms with Gasteiger partial charge in [0.15, 0.2) is 0 Å². The van der Waals surface area contributed by atoms with Crippen LogP contribution < -0.4 is 4.72 Å². The molecule has 0 saturated carbocycles. The number of nitro benzene ring substituents is 1. The number of nitrogens with zero attached hydrogens (tertiary/aromatic N) is 4. The smallest absolute Gasteiger partial charge is 0.270 e. The molecule has 3 aromatic rings. The molecule has 3 rings (SSSR count). The summed E-state index contributed by atoms with van der Waals surface area (Å²) >= 11 is 0. The summed E-state index contributed by atoms with van der Waals surface area (Å²) in [7, 11) is -3.88. The Labute approximate surface area is 148 Å². The summed E-state index contributed by atoms with van der Waals surface area (Å²) in [5.74, 6) is 0.572. The number of hydrogen-bond donors (Lipinski definition) is 1. The van der Waals surface area contributed by atoms with Crippen molar-refractivity contribution in [2.24, 2.45) is 0 Å². The molecular weight excluding hydrogens is 362 g/mol. The Morgan fingerprint density at radius 3 is 2.65 bits per heavy atom. The van der Waals surface area contributed by atoms with Crippen LogP contribution in [0.2, 0.25) is 0 Å². The van der Waals surface area contributed by atoms with Crippen molar-refractivity contribution < 1.29 is 17.8 Å². The van der Waals surface area contributed by atoms with Crippen LogP contribution in [0.3, 0.4) is 0 Å². The highest BCUT2D eigenvalue weighted by Gasteiger charge is 2.17. The van der Waals surface area contributed by atoms with Crippen molar-refractivity contribution in [1.29, 1.82) is 0 Å². The largest absolute Gasteiger partial charge is 0.421 e. The van der Waals surface area contributed by atoms with E-state index >= 15 is 0 Å². The number of non-ortho nitro benzene ring substituents is 1. The van der Waals surface area contributed by atoms with Crippen molar-refractivity contribution in [2.75, 3.05) is 6.54 Å². The minimum Gasteiger partial charge on any atom is -0.421 e. The highest BCUT2D eigenvalue weighted by atomic mass is 32.2. The van der Waals surface area contributed by atoms with Crippen LogP contribution in [0.25, 0.3) is 11.5 Å². The molecule has 0 radical (unpaired) electrons. The lowest BCUT2D eigenvalue weighted by Gasteiger charge is -2.05. The molecule has 0 aliphatic carbocycles. The van der Waals surface area contributed by atoms with Gasteiger partial charge < -0.3 is 4.42 Å². The van der Waals surface area contributed by atoms with Crippen molar-refractivity contribution >= 4 is 15.7 Å². The van der Waals surface area contributed by atoms with Gasteiger partial charge in [0.1, 0.15) is 0 Å². The second kappa shape index (κ2) is 7.37. The summed E-state index contributed by atoms with van der Waals surface area (Å²) in [6.07, 6.45) is 3.35. The van der Waals surface area contributed by atoms with Crippen LogP contribution >= 0.6 is 0 Å². The lowest BCUT2D eigenvalue weighted by Crippen LogP contribution is -2.26. The molecule has 0 bridgehead atoms. The minimum absolute atomic E-state index is 0.00298. The van der Waals surface area contributed by atoms with E-state index in [0.29, 0.717) is 11.5 Å². The van der Waals surface area contributed by atoms with E-state index in [1.54, 1.807) is 24.5 Å². The predicted octanol–water partition coefficient (Wildman–Crippen LogP) is 1.56. The van der Waals surface area contributed by atoms with Crippen LogP contribution in [0.15, 0.2) is 58.1 Å². The Hall–Kier alpha value is -3.18. The first kappa shape index (κ1) is 17.6. The molecular formula is C15H13N5O5S. The van der Waals surface area contributed by atoms with Crippen LogP contribution in [0.5, 0.6) is 0 Å². The van der Waals surface area contributed by atoms with Crippen LogP contribution in [-0.4, -0.2) is 35.1 Å². The maximum absolute atomic E-state index is 12.2. The number of aromatic nitrogens is 3. The molecule has 2 aromatic heterocycles. The Balaban J connectivity index is 1.63. The van der Waals surface area contributed by atoms with Crippen molar-refractivity contribution in [3.63, 3.8) is 0 Å². The third kappa shape index (κ3) is 4.07. The third-order valence-corrected chi connectivity index (χ3v) is 4.82. The van der Waals surface area contributed by atoms with Crippen molar-refractivity contribution in [1.82, 2.24) is 19.9 Å². The second-order valence-electron chi connectivity index (χ2n) is 5.14. The van der Waals surface area contributed by atoms with Crippen LogP contribution in [-0.2, 0) is 16.4 Å². The molecule has 1 N–H and O–H groups in total. The SMILES string of the molecule is O=[N+]([O-])c1cccc(S(=O)(=O)NCCc2nnc(-c3ccncc3)o2)c1. The van der Waals surface area contributed by atoms with E-state index in [0.717, 1.165) is 6.07 Å². The summed E-state index contributed by atoms with van der Waals surface area (Å²) in [6, 6.07) is 8.23. The first-order valence-electron chi connectivity index (χ1n) is 7.42. The van der Waals surface area contributed by atoms with E-state index in [-0.39, 0.29) is 29.4 Å². The van der Waals surface area contributed by atoms with Crippen LogP contribution in [0.1, 0.15) is 5.89 Å². The Morgan fingerprint density at radius 1 is 1.15 bits per heavy atom. The fourth-order valence-electron chi connectivity index (χ4n) is 2.11. The van der Waals surface area contributed by atoms with Gasteiger partial charge in [0.25, 0.3) is 5.69 Å². The molecule has 134 valence electrons. The summed E-state index contributed by atoms with van der Waals surface area (Å²) < 4.78 is 32.3. The molecule has 10 nitrogen and oxygen atoms in total. The topological polar surface area (TPSA) is 141 Å². The molecule has 0 aliphatic rings. The normalized spacial score (nSPS) is 11.4. The molecule has 11 heteroatoms.